The molecule has 1 fully saturated rings. The Kier molecular flexibility index (Phi) is 5.40. The topological polar surface area (TPSA) is 58.6 Å². The molecule has 0 N–H and O–H groups in total. The van der Waals surface area contributed by atoms with Gasteiger partial charge in [-0.3, -0.25) is 9.78 Å². The average molecular weight is 459 g/mol. The van der Waals surface area contributed by atoms with E-state index in [1.807, 2.05) is 4.90 Å². The molecule has 0 atom stereocenters. The second kappa shape index (κ2) is 7.52. The Balaban J connectivity index is 1.73. The van der Waals surface area contributed by atoms with Crippen LogP contribution in [0.4, 0.5) is 5.82 Å². The van der Waals surface area contributed by atoms with Crippen molar-refractivity contribution in [1.29, 1.82) is 0 Å². The first-order chi connectivity index (χ1) is 11.6. The molecule has 1 amide bonds. The fraction of sp³-hybridized carbons (Fsp3) is 0.312. The number of hydrogen-bond acceptors (Lipinski definition) is 5. The van der Waals surface area contributed by atoms with Gasteiger partial charge in [0.25, 0.3) is 5.91 Å². The molecule has 126 valence electrons. The average Bonchev–Trinajstić information content (AvgIpc) is 2.64. The smallest absolute Gasteiger partial charge is 0.257 e. The van der Waals surface area contributed by atoms with Gasteiger partial charge in [0.05, 0.1) is 23.9 Å². The largest absolute Gasteiger partial charge is 0.496 e. The number of nitrogens with zero attached hydrogens (tertiary/aromatic N) is 4. The van der Waals surface area contributed by atoms with Crippen molar-refractivity contribution < 1.29 is 9.53 Å². The molecule has 2 aromatic rings. The van der Waals surface area contributed by atoms with Gasteiger partial charge in [-0.25, -0.2) is 4.98 Å². The third kappa shape index (κ3) is 3.56. The zero-order valence-corrected chi connectivity index (χ0v) is 16.0. The number of carbonyl (C=O) groups is 1. The number of piperazine rings is 1. The van der Waals surface area contributed by atoms with Gasteiger partial charge >= 0.3 is 0 Å². The lowest BCUT2D eigenvalue weighted by Crippen LogP contribution is -2.49. The monoisotopic (exact) mass is 458 g/mol. The van der Waals surface area contributed by atoms with E-state index in [0.29, 0.717) is 42.5 Å². The zero-order chi connectivity index (χ0) is 17.1. The van der Waals surface area contributed by atoms with Gasteiger partial charge in [-0.05, 0) is 34.7 Å². The van der Waals surface area contributed by atoms with Crippen molar-refractivity contribution in [3.63, 3.8) is 0 Å². The molecule has 3 rings (SSSR count). The van der Waals surface area contributed by atoms with E-state index < -0.39 is 0 Å². The summed E-state index contributed by atoms with van der Waals surface area (Å²) in [5.41, 5.74) is 0.496. The molecule has 8 heteroatoms. The number of ether oxygens (including phenoxy) is 1. The van der Waals surface area contributed by atoms with E-state index in [9.17, 15) is 4.79 Å². The van der Waals surface area contributed by atoms with E-state index in [0.717, 1.165) is 9.39 Å². The molecule has 1 aliphatic heterocycles. The van der Waals surface area contributed by atoms with Crippen molar-refractivity contribution in [2.45, 2.75) is 0 Å². The highest BCUT2D eigenvalue weighted by Gasteiger charge is 2.25. The molecule has 0 aliphatic carbocycles. The van der Waals surface area contributed by atoms with Crippen LogP contribution in [0.1, 0.15) is 10.4 Å². The van der Waals surface area contributed by atoms with Crippen LogP contribution in [0.2, 0.25) is 5.02 Å². The number of aromatic nitrogens is 2. The lowest BCUT2D eigenvalue weighted by Gasteiger charge is -2.35. The lowest BCUT2D eigenvalue weighted by molar-refractivity contribution is 0.0743. The maximum absolute atomic E-state index is 12.8. The summed E-state index contributed by atoms with van der Waals surface area (Å²) in [5, 5.41) is 0.554. The Hall–Kier alpha value is -1.61. The van der Waals surface area contributed by atoms with Crippen molar-refractivity contribution in [2.75, 3.05) is 38.2 Å². The summed E-state index contributed by atoms with van der Waals surface area (Å²) in [6.07, 6.45) is 5.06. The van der Waals surface area contributed by atoms with E-state index in [2.05, 4.69) is 37.5 Å². The van der Waals surface area contributed by atoms with Gasteiger partial charge in [-0.2, -0.15) is 0 Å². The first-order valence-electron chi connectivity index (χ1n) is 7.43. The number of benzene rings is 1. The Morgan fingerprint density at radius 3 is 2.62 bits per heavy atom. The van der Waals surface area contributed by atoms with Gasteiger partial charge in [0.2, 0.25) is 0 Å². The van der Waals surface area contributed by atoms with E-state index in [4.69, 9.17) is 16.3 Å². The minimum absolute atomic E-state index is 0.0658. The summed E-state index contributed by atoms with van der Waals surface area (Å²) in [5.74, 6) is 1.31. The number of carbonyl (C=O) groups excluding carboxylic acids is 1. The Morgan fingerprint density at radius 1 is 1.25 bits per heavy atom. The molecule has 1 aromatic heterocycles. The van der Waals surface area contributed by atoms with Crippen molar-refractivity contribution in [2.24, 2.45) is 0 Å². The van der Waals surface area contributed by atoms with Crippen LogP contribution in [-0.4, -0.2) is 54.1 Å². The molecule has 2 heterocycles. The number of methoxy groups -OCH3 is 1. The van der Waals surface area contributed by atoms with Gasteiger partial charge in [0.15, 0.2) is 0 Å². The molecule has 6 nitrogen and oxygen atoms in total. The second-order valence-electron chi connectivity index (χ2n) is 5.31. The minimum atomic E-state index is -0.0658. The quantitative estimate of drug-likeness (QED) is 0.662. The van der Waals surface area contributed by atoms with Crippen LogP contribution in [0, 0.1) is 3.57 Å². The summed E-state index contributed by atoms with van der Waals surface area (Å²) in [6.45, 7) is 2.65. The predicted molar refractivity (Wildman–Crippen MR) is 101 cm³/mol. The van der Waals surface area contributed by atoms with Crippen LogP contribution in [0.3, 0.4) is 0 Å². The van der Waals surface area contributed by atoms with Crippen molar-refractivity contribution in [3.05, 3.63) is 44.9 Å². The highest BCUT2D eigenvalue weighted by Crippen LogP contribution is 2.29. The summed E-state index contributed by atoms with van der Waals surface area (Å²) in [6, 6.07) is 3.46. The molecule has 24 heavy (non-hydrogen) atoms. The molecule has 0 unspecified atom stereocenters. The standard InChI is InChI=1S/C16H16ClIN4O2/c1-24-14-9-13(18)12(17)8-11(14)16(23)22-6-4-21(5-7-22)15-10-19-2-3-20-15/h2-3,8-10H,4-7H2,1H3. The first kappa shape index (κ1) is 17.2. The van der Waals surface area contributed by atoms with Gasteiger partial charge < -0.3 is 14.5 Å². The van der Waals surface area contributed by atoms with Crippen molar-refractivity contribution in [3.8, 4) is 5.75 Å². The molecule has 0 saturated carbocycles. The van der Waals surface area contributed by atoms with Gasteiger partial charge in [-0.15, -0.1) is 0 Å². The molecule has 1 saturated heterocycles. The van der Waals surface area contributed by atoms with Gasteiger partial charge in [0, 0.05) is 42.1 Å². The molecular formula is C16H16ClIN4O2. The van der Waals surface area contributed by atoms with Gasteiger partial charge in [-0.1, -0.05) is 11.6 Å². The lowest BCUT2D eigenvalue weighted by atomic mass is 10.1. The van der Waals surface area contributed by atoms with E-state index in [-0.39, 0.29) is 5.91 Å². The van der Waals surface area contributed by atoms with E-state index >= 15 is 0 Å². The first-order valence-corrected chi connectivity index (χ1v) is 8.89. The second-order valence-corrected chi connectivity index (χ2v) is 6.88. The highest BCUT2D eigenvalue weighted by atomic mass is 127. The minimum Gasteiger partial charge on any atom is -0.496 e. The molecule has 1 aromatic carbocycles. The van der Waals surface area contributed by atoms with Gasteiger partial charge in [0.1, 0.15) is 11.6 Å². The molecule has 0 bridgehead atoms. The third-order valence-electron chi connectivity index (χ3n) is 3.91. The van der Waals surface area contributed by atoms with Crippen molar-refractivity contribution in [1.82, 2.24) is 14.9 Å². The van der Waals surface area contributed by atoms with Crippen LogP contribution in [0.25, 0.3) is 0 Å². The van der Waals surface area contributed by atoms with Crippen LogP contribution in [0.15, 0.2) is 30.7 Å². The summed E-state index contributed by atoms with van der Waals surface area (Å²) >= 11 is 8.29. The number of anilines is 1. The number of halogens is 2. The number of amides is 1. The summed E-state index contributed by atoms with van der Waals surface area (Å²) in [7, 11) is 1.56. The fourth-order valence-electron chi connectivity index (χ4n) is 2.63. The van der Waals surface area contributed by atoms with E-state index in [1.54, 1.807) is 37.8 Å². The van der Waals surface area contributed by atoms with Crippen LogP contribution in [0.5, 0.6) is 5.75 Å². The normalized spacial score (nSPS) is 14.6. The highest BCUT2D eigenvalue weighted by molar-refractivity contribution is 14.1. The maximum Gasteiger partial charge on any atom is 0.257 e. The molecule has 0 radical (unpaired) electrons. The fourth-order valence-corrected chi connectivity index (χ4v) is 3.23. The Morgan fingerprint density at radius 2 is 2.00 bits per heavy atom. The Bertz CT molecular complexity index is 736. The SMILES string of the molecule is COc1cc(I)c(Cl)cc1C(=O)N1CCN(c2cnccn2)CC1. The molecular weight excluding hydrogens is 443 g/mol. The van der Waals surface area contributed by atoms with Crippen LogP contribution < -0.4 is 9.64 Å². The number of hydrogen-bond donors (Lipinski definition) is 0. The van der Waals surface area contributed by atoms with E-state index in [1.165, 1.54) is 0 Å². The Labute approximate surface area is 158 Å². The molecule has 1 aliphatic rings. The summed E-state index contributed by atoms with van der Waals surface area (Å²) < 4.78 is 6.20. The third-order valence-corrected chi connectivity index (χ3v) is 5.44. The van der Waals surface area contributed by atoms with Crippen LogP contribution in [-0.2, 0) is 0 Å². The maximum atomic E-state index is 12.8. The predicted octanol–water partition coefficient (Wildman–Crippen LogP) is 2.71. The number of rotatable bonds is 3. The van der Waals surface area contributed by atoms with Crippen molar-refractivity contribution >= 4 is 45.9 Å². The zero-order valence-electron chi connectivity index (χ0n) is 13.1. The van der Waals surface area contributed by atoms with Crippen LogP contribution >= 0.6 is 34.2 Å². The summed E-state index contributed by atoms with van der Waals surface area (Å²) in [4.78, 5) is 25.1. The molecule has 0 spiro atoms.